The number of halogens is 4. The summed E-state index contributed by atoms with van der Waals surface area (Å²) in [6, 6.07) is 2.34. The molecule has 9 heteroatoms. The van der Waals surface area contributed by atoms with Crippen molar-refractivity contribution < 1.29 is 21.6 Å². The van der Waals surface area contributed by atoms with Gasteiger partial charge in [0.05, 0.1) is 22.0 Å². The van der Waals surface area contributed by atoms with Gasteiger partial charge in [0.2, 0.25) is 10.0 Å². The molecule has 0 spiro atoms. The van der Waals surface area contributed by atoms with E-state index in [-0.39, 0.29) is 22.5 Å². The van der Waals surface area contributed by atoms with Gasteiger partial charge in [0, 0.05) is 6.04 Å². The third-order valence-corrected chi connectivity index (χ3v) is 4.84. The van der Waals surface area contributed by atoms with Gasteiger partial charge >= 0.3 is 6.18 Å². The highest BCUT2D eigenvalue weighted by Crippen LogP contribution is 2.34. The van der Waals surface area contributed by atoms with E-state index >= 15 is 0 Å². The monoisotopic (exact) mass is 342 g/mol. The van der Waals surface area contributed by atoms with Gasteiger partial charge in [0.1, 0.15) is 0 Å². The predicted octanol–water partition coefficient (Wildman–Crippen LogP) is 2.85. The summed E-state index contributed by atoms with van der Waals surface area (Å²) < 4.78 is 64.0. The molecular weight excluding hydrogens is 329 g/mol. The first-order valence-electron chi connectivity index (χ1n) is 6.28. The maximum absolute atomic E-state index is 12.6. The Morgan fingerprint density at radius 1 is 1.38 bits per heavy atom. The fourth-order valence-corrected chi connectivity index (χ4v) is 3.78. The van der Waals surface area contributed by atoms with Crippen molar-refractivity contribution in [2.45, 2.75) is 25.1 Å². The molecule has 1 aromatic rings. The van der Waals surface area contributed by atoms with Crippen LogP contribution in [0.5, 0.6) is 0 Å². The van der Waals surface area contributed by atoms with Crippen LogP contribution in [0.4, 0.5) is 18.9 Å². The number of nitrogens with one attached hydrogen (secondary N) is 2. The molecule has 1 aromatic carbocycles. The second-order valence-electron chi connectivity index (χ2n) is 4.87. The Labute approximate surface area is 125 Å². The number of anilines is 1. The summed E-state index contributed by atoms with van der Waals surface area (Å²) in [7, 11) is -3.77. The van der Waals surface area contributed by atoms with Crippen molar-refractivity contribution in [3.8, 4) is 0 Å². The number of alkyl halides is 3. The smallest absolute Gasteiger partial charge is 0.313 e. The molecule has 0 amide bonds. The van der Waals surface area contributed by atoms with E-state index in [2.05, 4.69) is 10.0 Å². The average molecular weight is 343 g/mol. The Hall–Kier alpha value is -0.990. The van der Waals surface area contributed by atoms with Gasteiger partial charge in [-0.05, 0) is 37.6 Å². The van der Waals surface area contributed by atoms with E-state index in [1.807, 2.05) is 0 Å². The minimum atomic E-state index is -4.56. The fourth-order valence-electron chi connectivity index (χ4n) is 2.15. The van der Waals surface area contributed by atoms with Crippen LogP contribution in [0.25, 0.3) is 0 Å². The predicted molar refractivity (Wildman–Crippen MR) is 74.9 cm³/mol. The van der Waals surface area contributed by atoms with E-state index in [1.54, 1.807) is 0 Å². The number of hydrogen-bond donors (Lipinski definition) is 2. The lowest BCUT2D eigenvalue weighted by atomic mass is 10.2. The zero-order valence-electron chi connectivity index (χ0n) is 10.9. The number of rotatable bonds is 4. The first-order chi connectivity index (χ1) is 9.67. The van der Waals surface area contributed by atoms with E-state index in [0.29, 0.717) is 6.07 Å². The molecule has 0 aliphatic carbocycles. The van der Waals surface area contributed by atoms with E-state index in [1.165, 1.54) is 0 Å². The van der Waals surface area contributed by atoms with E-state index in [0.717, 1.165) is 31.5 Å². The molecule has 1 atom stereocenters. The van der Waals surface area contributed by atoms with Crippen LogP contribution >= 0.6 is 11.6 Å². The third-order valence-electron chi connectivity index (χ3n) is 3.14. The topological polar surface area (TPSA) is 58.2 Å². The summed E-state index contributed by atoms with van der Waals surface area (Å²) in [4.78, 5) is 0. The molecule has 1 aliphatic rings. The lowest BCUT2D eigenvalue weighted by Gasteiger charge is -2.15. The molecule has 2 rings (SSSR count). The maximum Gasteiger partial charge on any atom is 0.416 e. The highest BCUT2D eigenvalue weighted by molar-refractivity contribution is 7.92. The third kappa shape index (κ3) is 4.49. The first-order valence-corrected chi connectivity index (χ1v) is 8.31. The number of sulfonamides is 1. The molecule has 4 nitrogen and oxygen atoms in total. The van der Waals surface area contributed by atoms with Crippen LogP contribution in [-0.4, -0.2) is 26.8 Å². The Bertz CT molecular complexity index is 613. The fraction of sp³-hybridized carbons (Fsp3) is 0.500. The van der Waals surface area contributed by atoms with Gasteiger partial charge < -0.3 is 5.32 Å². The molecule has 2 N–H and O–H groups in total. The van der Waals surface area contributed by atoms with Gasteiger partial charge in [-0.25, -0.2) is 8.42 Å². The Kier molecular flexibility index (Phi) is 4.69. The maximum atomic E-state index is 12.6. The Morgan fingerprint density at radius 2 is 2.10 bits per heavy atom. The zero-order chi connectivity index (χ0) is 15.7. The van der Waals surface area contributed by atoms with Gasteiger partial charge in [-0.2, -0.15) is 13.2 Å². The molecular formula is C12H14ClF3N2O2S. The van der Waals surface area contributed by atoms with Gasteiger partial charge in [0.15, 0.2) is 0 Å². The van der Waals surface area contributed by atoms with Crippen molar-refractivity contribution in [1.29, 1.82) is 0 Å². The summed E-state index contributed by atoms with van der Waals surface area (Å²) in [5.41, 5.74) is -1.21. The summed E-state index contributed by atoms with van der Waals surface area (Å²) in [6.07, 6.45) is -2.96. The summed E-state index contributed by atoms with van der Waals surface area (Å²) in [6.45, 7) is 0.741. The van der Waals surface area contributed by atoms with Crippen molar-refractivity contribution in [3.05, 3.63) is 28.8 Å². The average Bonchev–Trinajstić information content (AvgIpc) is 2.82. The first kappa shape index (κ1) is 16.4. The molecule has 1 unspecified atom stereocenters. The summed E-state index contributed by atoms with van der Waals surface area (Å²) in [5, 5.41) is 2.94. The van der Waals surface area contributed by atoms with Crippen LogP contribution in [0.2, 0.25) is 5.02 Å². The van der Waals surface area contributed by atoms with Crippen LogP contribution in [0.3, 0.4) is 0 Å². The van der Waals surface area contributed by atoms with Crippen molar-refractivity contribution >= 4 is 27.3 Å². The van der Waals surface area contributed by atoms with Crippen molar-refractivity contribution in [1.82, 2.24) is 5.32 Å². The SMILES string of the molecule is O=S(=O)(CC1CCCN1)Nc1cc(C(F)(F)F)ccc1Cl. The minimum absolute atomic E-state index is 0.0778. The highest BCUT2D eigenvalue weighted by atomic mass is 35.5. The van der Waals surface area contributed by atoms with Crippen LogP contribution in [0.1, 0.15) is 18.4 Å². The van der Waals surface area contributed by atoms with Gasteiger partial charge in [-0.1, -0.05) is 11.6 Å². The molecule has 0 saturated carbocycles. The molecule has 0 aromatic heterocycles. The quantitative estimate of drug-likeness (QED) is 0.884. The standard InChI is InChI=1S/C12H14ClF3N2O2S/c13-10-4-3-8(12(14,15)16)6-11(10)18-21(19,20)7-9-2-1-5-17-9/h3-4,6,9,17-18H,1-2,5,7H2. The normalized spacial score (nSPS) is 19.7. The molecule has 1 saturated heterocycles. The van der Waals surface area contributed by atoms with Crippen LogP contribution < -0.4 is 10.0 Å². The minimum Gasteiger partial charge on any atom is -0.313 e. The van der Waals surface area contributed by atoms with Gasteiger partial charge in [-0.15, -0.1) is 0 Å². The molecule has 1 heterocycles. The highest BCUT2D eigenvalue weighted by Gasteiger charge is 2.31. The number of hydrogen-bond acceptors (Lipinski definition) is 3. The van der Waals surface area contributed by atoms with Gasteiger partial charge in [0.25, 0.3) is 0 Å². The van der Waals surface area contributed by atoms with E-state index in [4.69, 9.17) is 11.6 Å². The molecule has 0 radical (unpaired) electrons. The van der Waals surface area contributed by atoms with Crippen LogP contribution in [-0.2, 0) is 16.2 Å². The number of benzene rings is 1. The summed E-state index contributed by atoms with van der Waals surface area (Å²) >= 11 is 5.76. The second-order valence-corrected chi connectivity index (χ2v) is 7.04. The molecule has 1 fully saturated rings. The van der Waals surface area contributed by atoms with Crippen molar-refractivity contribution in [2.24, 2.45) is 0 Å². The summed E-state index contributed by atoms with van der Waals surface area (Å²) in [5.74, 6) is -0.195. The lowest BCUT2D eigenvalue weighted by molar-refractivity contribution is -0.137. The van der Waals surface area contributed by atoms with E-state index < -0.39 is 21.8 Å². The molecule has 118 valence electrons. The Morgan fingerprint density at radius 3 is 2.67 bits per heavy atom. The molecule has 1 aliphatic heterocycles. The second kappa shape index (κ2) is 6.02. The van der Waals surface area contributed by atoms with Crippen molar-refractivity contribution in [3.63, 3.8) is 0 Å². The Balaban J connectivity index is 2.17. The molecule has 0 bridgehead atoms. The van der Waals surface area contributed by atoms with Crippen LogP contribution in [0, 0.1) is 0 Å². The molecule has 21 heavy (non-hydrogen) atoms. The van der Waals surface area contributed by atoms with Crippen LogP contribution in [0.15, 0.2) is 18.2 Å². The van der Waals surface area contributed by atoms with Crippen molar-refractivity contribution in [2.75, 3.05) is 17.0 Å². The zero-order valence-corrected chi connectivity index (χ0v) is 12.4. The largest absolute Gasteiger partial charge is 0.416 e. The van der Waals surface area contributed by atoms with Gasteiger partial charge in [-0.3, -0.25) is 4.72 Å². The lowest BCUT2D eigenvalue weighted by Crippen LogP contribution is -2.32. The van der Waals surface area contributed by atoms with E-state index in [9.17, 15) is 21.6 Å².